The van der Waals surface area contributed by atoms with E-state index >= 15 is 0 Å². The van der Waals surface area contributed by atoms with Gasteiger partial charge in [0.05, 0.1) is 27.9 Å². The Hall–Kier alpha value is -5.41. The van der Waals surface area contributed by atoms with Crippen molar-refractivity contribution in [2.45, 2.75) is 19.3 Å². The Morgan fingerprint density at radius 2 is 1.28 bits per heavy atom. The molecule has 0 spiro atoms. The number of para-hydroxylation sites is 2. The molecule has 1 aliphatic rings. The molecule has 0 fully saturated rings. The minimum Gasteiger partial charge on any atom is -0.307 e. The first-order chi connectivity index (χ1) is 21.1. The van der Waals surface area contributed by atoms with E-state index in [1.165, 1.54) is 60.8 Å². The molecule has 3 heterocycles. The lowest BCUT2D eigenvalue weighted by molar-refractivity contribution is 0.666. The Bertz CT molecular complexity index is 2360. The van der Waals surface area contributed by atoms with Gasteiger partial charge in [0.2, 0.25) is 0 Å². The van der Waals surface area contributed by atoms with E-state index in [9.17, 15) is 0 Å². The predicted molar refractivity (Wildman–Crippen MR) is 178 cm³/mol. The van der Waals surface area contributed by atoms with Crippen LogP contribution in [0, 0.1) is 0 Å². The van der Waals surface area contributed by atoms with Crippen molar-refractivity contribution in [2.24, 2.45) is 0 Å². The summed E-state index contributed by atoms with van der Waals surface area (Å²) in [4.78, 5) is 4.66. The van der Waals surface area contributed by atoms with Gasteiger partial charge < -0.3 is 9.13 Å². The fraction of sp³-hybridized carbons (Fsp3) is 0.0750. The molecule has 0 saturated carbocycles. The van der Waals surface area contributed by atoms with Crippen molar-refractivity contribution in [3.8, 4) is 33.9 Å². The number of nitrogens with zero attached hydrogens (tertiary/aromatic N) is 3. The SMILES string of the molecule is CC1(C)c2ccccc2-c2c1c1ccc3c4ccccc4n(-c4cccc(-c5ccccn5)c4)c3c1n2-c1ccccc1. The zero-order valence-electron chi connectivity index (χ0n) is 24.1. The smallest absolute Gasteiger partial charge is 0.0788 e. The Labute approximate surface area is 250 Å². The lowest BCUT2D eigenvalue weighted by atomic mass is 9.81. The van der Waals surface area contributed by atoms with Crippen molar-refractivity contribution in [3.05, 3.63) is 151 Å². The van der Waals surface area contributed by atoms with E-state index in [1.54, 1.807) is 0 Å². The summed E-state index contributed by atoms with van der Waals surface area (Å²) >= 11 is 0. The van der Waals surface area contributed by atoms with Crippen LogP contribution in [0.4, 0.5) is 0 Å². The highest BCUT2D eigenvalue weighted by Gasteiger charge is 2.41. The van der Waals surface area contributed by atoms with Crippen molar-refractivity contribution < 1.29 is 0 Å². The van der Waals surface area contributed by atoms with Gasteiger partial charge in [0, 0.05) is 50.3 Å². The summed E-state index contributed by atoms with van der Waals surface area (Å²) < 4.78 is 4.99. The molecule has 9 rings (SSSR count). The molecule has 5 aromatic carbocycles. The molecule has 1 aliphatic carbocycles. The lowest BCUT2D eigenvalue weighted by Crippen LogP contribution is -2.14. The second kappa shape index (κ2) is 8.80. The lowest BCUT2D eigenvalue weighted by Gasteiger charge is -2.21. The van der Waals surface area contributed by atoms with Crippen molar-refractivity contribution >= 4 is 32.7 Å². The van der Waals surface area contributed by atoms with Crippen molar-refractivity contribution in [2.75, 3.05) is 0 Å². The zero-order valence-corrected chi connectivity index (χ0v) is 24.1. The Morgan fingerprint density at radius 1 is 0.558 bits per heavy atom. The normalized spacial score (nSPS) is 13.5. The molecule has 0 bridgehead atoms. The first-order valence-corrected chi connectivity index (χ1v) is 14.9. The summed E-state index contributed by atoms with van der Waals surface area (Å²) in [5.74, 6) is 0. The number of hydrogen-bond acceptors (Lipinski definition) is 1. The molecule has 43 heavy (non-hydrogen) atoms. The number of hydrogen-bond donors (Lipinski definition) is 0. The van der Waals surface area contributed by atoms with Crippen LogP contribution in [0.3, 0.4) is 0 Å². The van der Waals surface area contributed by atoms with Crippen LogP contribution in [-0.4, -0.2) is 14.1 Å². The molecule has 0 amide bonds. The van der Waals surface area contributed by atoms with E-state index in [0.717, 1.165) is 16.9 Å². The first kappa shape index (κ1) is 24.2. The van der Waals surface area contributed by atoms with Crippen molar-refractivity contribution in [3.63, 3.8) is 0 Å². The summed E-state index contributed by atoms with van der Waals surface area (Å²) in [7, 11) is 0. The van der Waals surface area contributed by atoms with Crippen molar-refractivity contribution in [1.29, 1.82) is 0 Å². The molecule has 8 aromatic rings. The molecule has 0 saturated heterocycles. The number of aromatic nitrogens is 3. The fourth-order valence-corrected chi connectivity index (χ4v) is 7.52. The van der Waals surface area contributed by atoms with E-state index in [-0.39, 0.29) is 5.41 Å². The molecular weight excluding hydrogens is 522 g/mol. The Balaban J connectivity index is 1.49. The molecular formula is C40H29N3. The number of benzene rings is 5. The van der Waals surface area contributed by atoms with E-state index in [2.05, 4.69) is 149 Å². The van der Waals surface area contributed by atoms with Gasteiger partial charge >= 0.3 is 0 Å². The number of rotatable bonds is 3. The van der Waals surface area contributed by atoms with Gasteiger partial charge in [0.1, 0.15) is 0 Å². The average Bonchev–Trinajstić information content (AvgIpc) is 3.67. The van der Waals surface area contributed by atoms with Gasteiger partial charge in [-0.05, 0) is 53.6 Å². The average molecular weight is 552 g/mol. The highest BCUT2D eigenvalue weighted by atomic mass is 15.1. The van der Waals surface area contributed by atoms with E-state index in [1.807, 2.05) is 18.3 Å². The maximum atomic E-state index is 4.66. The molecule has 3 heteroatoms. The van der Waals surface area contributed by atoms with Gasteiger partial charge in [0.15, 0.2) is 0 Å². The summed E-state index contributed by atoms with van der Waals surface area (Å²) in [5.41, 5.74) is 13.3. The zero-order chi connectivity index (χ0) is 28.7. The molecule has 3 aromatic heterocycles. The predicted octanol–water partition coefficient (Wildman–Crippen LogP) is 10.1. The molecule has 0 radical (unpaired) electrons. The second-order valence-electron chi connectivity index (χ2n) is 12.0. The Morgan fingerprint density at radius 3 is 2.14 bits per heavy atom. The molecule has 0 atom stereocenters. The summed E-state index contributed by atoms with van der Waals surface area (Å²) in [6, 6.07) is 48.2. The van der Waals surface area contributed by atoms with Gasteiger partial charge in [-0.3, -0.25) is 4.98 Å². The molecule has 3 nitrogen and oxygen atoms in total. The minimum atomic E-state index is -0.131. The summed E-state index contributed by atoms with van der Waals surface area (Å²) in [6.45, 7) is 4.75. The number of pyridine rings is 1. The molecule has 0 N–H and O–H groups in total. The van der Waals surface area contributed by atoms with Gasteiger partial charge in [-0.15, -0.1) is 0 Å². The molecule has 204 valence electrons. The van der Waals surface area contributed by atoms with Crippen LogP contribution in [-0.2, 0) is 5.41 Å². The van der Waals surface area contributed by atoms with Crippen LogP contribution in [0.5, 0.6) is 0 Å². The summed E-state index contributed by atoms with van der Waals surface area (Å²) in [6.07, 6.45) is 1.86. The highest BCUT2D eigenvalue weighted by molar-refractivity contribution is 6.20. The van der Waals surface area contributed by atoms with Crippen LogP contribution in [0.15, 0.2) is 140 Å². The molecule has 0 unspecified atom stereocenters. The third-order valence-corrected chi connectivity index (χ3v) is 9.32. The molecule has 0 aliphatic heterocycles. The van der Waals surface area contributed by atoms with Crippen LogP contribution in [0.1, 0.15) is 25.0 Å². The van der Waals surface area contributed by atoms with Gasteiger partial charge in [-0.2, -0.15) is 0 Å². The summed E-state index contributed by atoms with van der Waals surface area (Å²) in [5, 5.41) is 3.81. The highest BCUT2D eigenvalue weighted by Crippen LogP contribution is 2.55. The van der Waals surface area contributed by atoms with Crippen LogP contribution in [0.2, 0.25) is 0 Å². The van der Waals surface area contributed by atoms with Crippen LogP contribution in [0.25, 0.3) is 66.6 Å². The third kappa shape index (κ3) is 3.28. The van der Waals surface area contributed by atoms with Crippen molar-refractivity contribution in [1.82, 2.24) is 14.1 Å². The first-order valence-electron chi connectivity index (χ1n) is 14.9. The van der Waals surface area contributed by atoms with Gasteiger partial charge in [-0.25, -0.2) is 0 Å². The maximum absolute atomic E-state index is 4.66. The van der Waals surface area contributed by atoms with Gasteiger partial charge in [-0.1, -0.05) is 105 Å². The van der Waals surface area contributed by atoms with Crippen LogP contribution < -0.4 is 0 Å². The topological polar surface area (TPSA) is 22.8 Å². The largest absolute Gasteiger partial charge is 0.307 e. The van der Waals surface area contributed by atoms with E-state index in [4.69, 9.17) is 0 Å². The minimum absolute atomic E-state index is 0.131. The Kier molecular flexibility index (Phi) is 4.95. The standard InChI is InChI=1S/C40H29N3/c1-40(2)33-19-8-6-18-31(33)37-36(40)32-23-22-30-29-17-7-9-21-35(29)42(38(30)39(32)43(37)27-14-4-3-5-15-27)28-16-12-13-26(25-28)34-20-10-11-24-41-34/h3-25H,1-2H3. The van der Waals surface area contributed by atoms with E-state index < -0.39 is 0 Å². The monoisotopic (exact) mass is 551 g/mol. The van der Waals surface area contributed by atoms with Crippen LogP contribution >= 0.6 is 0 Å². The number of fused-ring (bicyclic) bond motifs is 9. The van der Waals surface area contributed by atoms with E-state index in [0.29, 0.717) is 0 Å². The fourth-order valence-electron chi connectivity index (χ4n) is 7.52. The second-order valence-corrected chi connectivity index (χ2v) is 12.0. The van der Waals surface area contributed by atoms with Gasteiger partial charge in [0.25, 0.3) is 0 Å². The quantitative estimate of drug-likeness (QED) is 0.214. The third-order valence-electron chi connectivity index (χ3n) is 9.32. The maximum Gasteiger partial charge on any atom is 0.0788 e.